The van der Waals surface area contributed by atoms with Crippen molar-refractivity contribution in [1.29, 1.82) is 0 Å². The lowest BCUT2D eigenvalue weighted by molar-refractivity contribution is 0.0783. The van der Waals surface area contributed by atoms with Crippen molar-refractivity contribution in [2.24, 2.45) is 0 Å². The second-order valence-corrected chi connectivity index (χ2v) is 5.71. The monoisotopic (exact) mass is 275 g/mol. The van der Waals surface area contributed by atoms with E-state index in [1.165, 1.54) is 0 Å². The Morgan fingerprint density at radius 3 is 2.68 bits per heavy atom. The molecule has 0 bridgehead atoms. The van der Waals surface area contributed by atoms with Crippen molar-refractivity contribution in [2.75, 3.05) is 12.8 Å². The lowest BCUT2D eigenvalue weighted by atomic mass is 10.1. The molecule has 0 fully saturated rings. The molecular weight excluding hydrogens is 258 g/mol. The van der Waals surface area contributed by atoms with Gasteiger partial charge >= 0.3 is 0 Å². The fraction of sp³-hybridized carbons (Fsp3) is 0.286. The summed E-state index contributed by atoms with van der Waals surface area (Å²) in [5.41, 5.74) is 8.90. The minimum Gasteiger partial charge on any atom is -0.399 e. The largest absolute Gasteiger partial charge is 0.399 e. The second kappa shape index (κ2) is 5.40. The summed E-state index contributed by atoms with van der Waals surface area (Å²) in [6.07, 6.45) is 0. The van der Waals surface area contributed by atoms with Crippen LogP contribution in [0.2, 0.25) is 0 Å². The van der Waals surface area contributed by atoms with Crippen LogP contribution in [0, 0.1) is 13.8 Å². The van der Waals surface area contributed by atoms with E-state index in [-0.39, 0.29) is 5.91 Å². The summed E-state index contributed by atoms with van der Waals surface area (Å²) in [7, 11) is 1.77. The van der Waals surface area contributed by atoms with Gasteiger partial charge in [0.05, 0.1) is 17.2 Å². The molecule has 0 aliphatic carbocycles. The number of nitrogen functional groups attached to an aromatic ring is 1. The maximum absolute atomic E-state index is 12.3. The molecule has 1 aromatic heterocycles. The summed E-state index contributed by atoms with van der Waals surface area (Å²) in [5.74, 6) is -0.0407. The number of aromatic nitrogens is 1. The van der Waals surface area contributed by atoms with Gasteiger partial charge in [-0.1, -0.05) is 0 Å². The third-order valence-corrected chi connectivity index (χ3v) is 3.58. The standard InChI is InChI=1S/C14H17N3OS/c1-9-4-11(6-12(15)5-9)14(18)17(3)7-13-8-19-10(2)16-13/h4-6,8H,7,15H2,1-3H3. The minimum atomic E-state index is -0.0407. The number of carbonyl (C=O) groups is 1. The number of benzene rings is 1. The number of hydrogen-bond acceptors (Lipinski definition) is 4. The van der Waals surface area contributed by atoms with Crippen LogP contribution in [0.5, 0.6) is 0 Å². The molecule has 2 rings (SSSR count). The first-order valence-electron chi connectivity index (χ1n) is 5.99. The van der Waals surface area contributed by atoms with Gasteiger partial charge in [-0.05, 0) is 37.6 Å². The van der Waals surface area contributed by atoms with E-state index < -0.39 is 0 Å². The molecule has 0 spiro atoms. The number of amides is 1. The third kappa shape index (κ3) is 3.32. The fourth-order valence-electron chi connectivity index (χ4n) is 1.95. The fourth-order valence-corrected chi connectivity index (χ4v) is 2.56. The Balaban J connectivity index is 2.14. The molecule has 5 heteroatoms. The molecule has 4 nitrogen and oxygen atoms in total. The number of aryl methyl sites for hydroxylation is 2. The van der Waals surface area contributed by atoms with E-state index in [0.717, 1.165) is 16.3 Å². The van der Waals surface area contributed by atoms with E-state index in [1.807, 2.05) is 31.4 Å². The Labute approximate surface area is 116 Å². The van der Waals surface area contributed by atoms with Gasteiger partial charge in [-0.15, -0.1) is 11.3 Å². The Morgan fingerprint density at radius 2 is 2.11 bits per heavy atom. The molecule has 1 heterocycles. The highest BCUT2D eigenvalue weighted by atomic mass is 32.1. The third-order valence-electron chi connectivity index (χ3n) is 2.76. The summed E-state index contributed by atoms with van der Waals surface area (Å²) in [6.45, 7) is 4.39. The summed E-state index contributed by atoms with van der Waals surface area (Å²) in [5, 5.41) is 2.99. The van der Waals surface area contributed by atoms with Crippen LogP contribution in [-0.4, -0.2) is 22.8 Å². The Kier molecular flexibility index (Phi) is 3.85. The van der Waals surface area contributed by atoms with E-state index in [1.54, 1.807) is 29.4 Å². The molecule has 1 amide bonds. The minimum absolute atomic E-state index is 0.0407. The molecule has 2 aromatic rings. The van der Waals surface area contributed by atoms with Crippen LogP contribution in [-0.2, 0) is 6.54 Å². The van der Waals surface area contributed by atoms with Crippen LogP contribution in [0.4, 0.5) is 5.69 Å². The predicted molar refractivity (Wildman–Crippen MR) is 78.2 cm³/mol. The molecule has 0 aliphatic rings. The zero-order chi connectivity index (χ0) is 14.0. The van der Waals surface area contributed by atoms with Gasteiger partial charge in [0.25, 0.3) is 5.91 Å². The van der Waals surface area contributed by atoms with Crippen LogP contribution in [0.25, 0.3) is 0 Å². The van der Waals surface area contributed by atoms with E-state index in [2.05, 4.69) is 4.98 Å². The molecule has 0 atom stereocenters. The molecule has 0 unspecified atom stereocenters. The van der Waals surface area contributed by atoms with Crippen LogP contribution in [0.15, 0.2) is 23.6 Å². The van der Waals surface area contributed by atoms with Crippen molar-refractivity contribution < 1.29 is 4.79 Å². The van der Waals surface area contributed by atoms with Crippen molar-refractivity contribution >= 4 is 22.9 Å². The highest BCUT2D eigenvalue weighted by molar-refractivity contribution is 7.09. The van der Waals surface area contributed by atoms with Gasteiger partial charge in [-0.2, -0.15) is 0 Å². The summed E-state index contributed by atoms with van der Waals surface area (Å²) >= 11 is 1.59. The molecule has 0 aliphatic heterocycles. The lowest BCUT2D eigenvalue weighted by Crippen LogP contribution is -2.26. The van der Waals surface area contributed by atoms with Crippen molar-refractivity contribution in [3.05, 3.63) is 45.4 Å². The maximum Gasteiger partial charge on any atom is 0.254 e. The summed E-state index contributed by atoms with van der Waals surface area (Å²) < 4.78 is 0. The topological polar surface area (TPSA) is 59.2 Å². The van der Waals surface area contributed by atoms with E-state index in [4.69, 9.17) is 5.73 Å². The van der Waals surface area contributed by atoms with Gasteiger partial charge < -0.3 is 10.6 Å². The van der Waals surface area contributed by atoms with E-state index in [9.17, 15) is 4.79 Å². The van der Waals surface area contributed by atoms with Gasteiger partial charge in [0, 0.05) is 23.7 Å². The molecule has 1 aromatic carbocycles. The van der Waals surface area contributed by atoms with Crippen molar-refractivity contribution in [3.8, 4) is 0 Å². The van der Waals surface area contributed by atoms with Gasteiger partial charge in [-0.3, -0.25) is 4.79 Å². The van der Waals surface area contributed by atoms with Crippen molar-refractivity contribution in [2.45, 2.75) is 20.4 Å². The average Bonchev–Trinajstić information content (AvgIpc) is 2.72. The molecule has 2 N–H and O–H groups in total. The maximum atomic E-state index is 12.3. The first-order chi connectivity index (χ1) is 8.95. The van der Waals surface area contributed by atoms with Crippen LogP contribution in [0.1, 0.15) is 26.6 Å². The SMILES string of the molecule is Cc1cc(N)cc(C(=O)N(C)Cc2csc(C)n2)c1. The molecule has 0 saturated carbocycles. The van der Waals surface area contributed by atoms with Gasteiger partial charge in [-0.25, -0.2) is 4.98 Å². The average molecular weight is 275 g/mol. The number of anilines is 1. The smallest absolute Gasteiger partial charge is 0.254 e. The molecule has 0 saturated heterocycles. The normalized spacial score (nSPS) is 10.5. The van der Waals surface area contributed by atoms with Gasteiger partial charge in [0.1, 0.15) is 0 Å². The highest BCUT2D eigenvalue weighted by Crippen LogP contribution is 2.15. The van der Waals surface area contributed by atoms with Crippen LogP contribution < -0.4 is 5.73 Å². The Bertz CT molecular complexity index is 586. The first-order valence-corrected chi connectivity index (χ1v) is 6.87. The van der Waals surface area contributed by atoms with Crippen molar-refractivity contribution in [3.63, 3.8) is 0 Å². The number of hydrogen-bond donors (Lipinski definition) is 1. The Morgan fingerprint density at radius 1 is 1.37 bits per heavy atom. The molecule has 0 radical (unpaired) electrons. The Hall–Kier alpha value is -1.88. The second-order valence-electron chi connectivity index (χ2n) is 4.65. The summed E-state index contributed by atoms with van der Waals surface area (Å²) in [4.78, 5) is 18.3. The van der Waals surface area contributed by atoms with E-state index in [0.29, 0.717) is 17.8 Å². The van der Waals surface area contributed by atoms with Crippen molar-refractivity contribution in [1.82, 2.24) is 9.88 Å². The molecular formula is C14H17N3OS. The van der Waals surface area contributed by atoms with E-state index >= 15 is 0 Å². The number of thiazole rings is 1. The quantitative estimate of drug-likeness (QED) is 0.876. The van der Waals surface area contributed by atoms with Gasteiger partial charge in [0.15, 0.2) is 0 Å². The zero-order valence-electron chi connectivity index (χ0n) is 11.3. The molecule has 100 valence electrons. The number of nitrogens with two attached hydrogens (primary N) is 1. The predicted octanol–water partition coefficient (Wildman–Crippen LogP) is 2.61. The molecule has 19 heavy (non-hydrogen) atoms. The highest BCUT2D eigenvalue weighted by Gasteiger charge is 2.14. The number of nitrogens with zero attached hydrogens (tertiary/aromatic N) is 2. The van der Waals surface area contributed by atoms with Gasteiger partial charge in [0.2, 0.25) is 0 Å². The van der Waals surface area contributed by atoms with Crippen LogP contribution >= 0.6 is 11.3 Å². The first kappa shape index (κ1) is 13.5. The summed E-state index contributed by atoms with van der Waals surface area (Å²) in [6, 6.07) is 5.40. The zero-order valence-corrected chi connectivity index (χ0v) is 12.1. The van der Waals surface area contributed by atoms with Crippen LogP contribution in [0.3, 0.4) is 0 Å². The number of rotatable bonds is 3. The number of carbonyl (C=O) groups excluding carboxylic acids is 1. The lowest BCUT2D eigenvalue weighted by Gasteiger charge is -2.16.